The number of rotatable bonds is 3. The molecule has 0 saturated heterocycles. The summed E-state index contributed by atoms with van der Waals surface area (Å²) in [5.74, 6) is -1.64. The molecule has 0 aliphatic carbocycles. The minimum absolute atomic E-state index is 0.0308. The molecule has 0 aromatic heterocycles. The zero-order valence-corrected chi connectivity index (χ0v) is 8.66. The minimum atomic E-state index is -0.786. The van der Waals surface area contributed by atoms with Crippen LogP contribution in [0.15, 0.2) is 12.1 Å². The van der Waals surface area contributed by atoms with Gasteiger partial charge in [-0.2, -0.15) is 5.26 Å². The third-order valence-electron chi connectivity index (χ3n) is 2.14. The monoisotopic (exact) mass is 223 g/mol. The fourth-order valence-corrected chi connectivity index (χ4v) is 1.25. The van der Waals surface area contributed by atoms with Gasteiger partial charge in [0, 0.05) is 6.42 Å². The van der Waals surface area contributed by atoms with Gasteiger partial charge in [-0.3, -0.25) is 4.79 Å². The van der Waals surface area contributed by atoms with Crippen LogP contribution in [0, 0.1) is 17.1 Å². The summed E-state index contributed by atoms with van der Waals surface area (Å²) in [4.78, 5) is 10.9. The van der Waals surface area contributed by atoms with Crippen molar-refractivity contribution < 1.29 is 19.0 Å². The fraction of sp³-hybridized carbons (Fsp3) is 0.273. The zero-order chi connectivity index (χ0) is 12.1. The average molecular weight is 223 g/mol. The van der Waals surface area contributed by atoms with E-state index in [1.165, 1.54) is 19.2 Å². The van der Waals surface area contributed by atoms with Crippen molar-refractivity contribution in [2.75, 3.05) is 7.11 Å². The Kier molecular flexibility index (Phi) is 3.84. The Labute approximate surface area is 91.9 Å². The second-order valence-corrected chi connectivity index (χ2v) is 3.12. The number of hydrogen-bond acceptors (Lipinski definition) is 4. The van der Waals surface area contributed by atoms with Crippen LogP contribution in [-0.2, 0) is 16.0 Å². The lowest BCUT2D eigenvalue weighted by Gasteiger charge is -2.05. The predicted octanol–water partition coefficient (Wildman–Crippen LogP) is 1.51. The van der Waals surface area contributed by atoms with E-state index in [1.54, 1.807) is 6.07 Å². The molecule has 0 fully saturated rings. The van der Waals surface area contributed by atoms with Crippen LogP contribution >= 0.6 is 0 Å². The number of hydrogen-bond donors (Lipinski definition) is 1. The lowest BCUT2D eigenvalue weighted by atomic mass is 10.0. The van der Waals surface area contributed by atoms with Gasteiger partial charge in [-0.1, -0.05) is 6.07 Å². The molecule has 84 valence electrons. The molecule has 1 N–H and O–H groups in total. The van der Waals surface area contributed by atoms with Gasteiger partial charge in [0.25, 0.3) is 0 Å². The van der Waals surface area contributed by atoms with E-state index in [0.717, 1.165) is 0 Å². The number of nitriles is 1. The Morgan fingerprint density at radius 2 is 2.31 bits per heavy atom. The summed E-state index contributed by atoms with van der Waals surface area (Å²) in [6.45, 7) is 0. The maximum atomic E-state index is 13.6. The van der Waals surface area contributed by atoms with Crippen molar-refractivity contribution in [1.82, 2.24) is 0 Å². The zero-order valence-electron chi connectivity index (χ0n) is 8.66. The number of phenolic OH excluding ortho intramolecular Hbond substituents is 1. The highest BCUT2D eigenvalue weighted by Gasteiger charge is 2.13. The van der Waals surface area contributed by atoms with Crippen LogP contribution in [0.1, 0.15) is 17.5 Å². The van der Waals surface area contributed by atoms with E-state index in [4.69, 9.17) is 5.26 Å². The molecule has 0 aliphatic rings. The van der Waals surface area contributed by atoms with Gasteiger partial charge >= 0.3 is 5.97 Å². The topological polar surface area (TPSA) is 70.3 Å². The molecule has 5 heteroatoms. The molecule has 0 radical (unpaired) electrons. The van der Waals surface area contributed by atoms with Gasteiger partial charge in [0.15, 0.2) is 0 Å². The number of phenols is 1. The molecule has 16 heavy (non-hydrogen) atoms. The quantitative estimate of drug-likeness (QED) is 0.788. The second-order valence-electron chi connectivity index (χ2n) is 3.12. The van der Waals surface area contributed by atoms with Crippen molar-refractivity contribution in [2.45, 2.75) is 12.8 Å². The number of carbonyl (C=O) groups excluding carboxylic acids is 1. The third-order valence-corrected chi connectivity index (χ3v) is 2.14. The van der Waals surface area contributed by atoms with Crippen molar-refractivity contribution in [1.29, 1.82) is 5.26 Å². The summed E-state index contributed by atoms with van der Waals surface area (Å²) >= 11 is 0. The van der Waals surface area contributed by atoms with E-state index in [-0.39, 0.29) is 18.4 Å². The first-order valence-corrected chi connectivity index (χ1v) is 4.57. The summed E-state index contributed by atoms with van der Waals surface area (Å²) in [5, 5.41) is 17.8. The van der Waals surface area contributed by atoms with Crippen LogP contribution in [-0.4, -0.2) is 18.2 Å². The number of methoxy groups -OCH3 is 1. The lowest BCUT2D eigenvalue weighted by molar-refractivity contribution is -0.140. The molecule has 0 spiro atoms. The van der Waals surface area contributed by atoms with E-state index in [1.807, 2.05) is 0 Å². The number of aromatic hydroxyl groups is 1. The predicted molar refractivity (Wildman–Crippen MR) is 53.1 cm³/mol. The summed E-state index contributed by atoms with van der Waals surface area (Å²) < 4.78 is 18.0. The molecule has 0 atom stereocenters. The highest BCUT2D eigenvalue weighted by molar-refractivity contribution is 5.69. The lowest BCUT2D eigenvalue weighted by Crippen LogP contribution is -2.03. The van der Waals surface area contributed by atoms with Crippen LogP contribution in [0.25, 0.3) is 0 Å². The molecular weight excluding hydrogens is 213 g/mol. The molecule has 0 saturated carbocycles. The van der Waals surface area contributed by atoms with Crippen LogP contribution < -0.4 is 0 Å². The number of halogens is 1. The summed E-state index contributed by atoms with van der Waals surface area (Å²) in [6.07, 6.45) is 0.163. The molecule has 0 unspecified atom stereocenters. The van der Waals surface area contributed by atoms with Crippen molar-refractivity contribution in [3.63, 3.8) is 0 Å². The fourth-order valence-electron chi connectivity index (χ4n) is 1.25. The normalized spacial score (nSPS) is 9.56. The van der Waals surface area contributed by atoms with Crippen molar-refractivity contribution in [3.05, 3.63) is 29.1 Å². The third kappa shape index (κ3) is 2.48. The van der Waals surface area contributed by atoms with Crippen LogP contribution in [0.5, 0.6) is 5.75 Å². The largest absolute Gasteiger partial charge is 0.506 e. The number of nitrogens with zero attached hydrogens (tertiary/aromatic N) is 1. The Bertz CT molecular complexity index is 451. The molecular formula is C11H10FNO3. The molecule has 1 aromatic rings. The second kappa shape index (κ2) is 5.12. The molecule has 1 aromatic carbocycles. The SMILES string of the molecule is COC(=O)CCc1ccc(O)c(C#N)c1F. The number of esters is 1. The Morgan fingerprint density at radius 1 is 1.62 bits per heavy atom. The number of aryl methyl sites for hydroxylation is 1. The van der Waals surface area contributed by atoms with Crippen LogP contribution in [0.2, 0.25) is 0 Å². The highest BCUT2D eigenvalue weighted by atomic mass is 19.1. The van der Waals surface area contributed by atoms with E-state index < -0.39 is 23.1 Å². The summed E-state index contributed by atoms with van der Waals surface area (Å²) in [5.41, 5.74) is -0.192. The first-order chi connectivity index (χ1) is 7.60. The average Bonchev–Trinajstić information content (AvgIpc) is 2.28. The van der Waals surface area contributed by atoms with Gasteiger partial charge in [-0.25, -0.2) is 4.39 Å². The molecule has 0 aliphatic heterocycles. The molecule has 0 heterocycles. The van der Waals surface area contributed by atoms with Crippen LogP contribution in [0.4, 0.5) is 4.39 Å². The van der Waals surface area contributed by atoms with Gasteiger partial charge in [0.1, 0.15) is 23.2 Å². The minimum Gasteiger partial charge on any atom is -0.506 e. The standard InChI is InChI=1S/C11H10FNO3/c1-16-10(15)5-3-7-2-4-9(14)8(6-13)11(7)12/h2,4,14H,3,5H2,1H3. The maximum absolute atomic E-state index is 13.6. The molecule has 0 amide bonds. The van der Waals surface area contributed by atoms with Gasteiger partial charge in [-0.15, -0.1) is 0 Å². The first-order valence-electron chi connectivity index (χ1n) is 4.57. The maximum Gasteiger partial charge on any atom is 0.305 e. The van der Waals surface area contributed by atoms with Gasteiger partial charge in [0.2, 0.25) is 0 Å². The summed E-state index contributed by atoms with van der Waals surface area (Å²) in [6, 6.07) is 4.14. The first kappa shape index (κ1) is 12.0. The van der Waals surface area contributed by atoms with Gasteiger partial charge < -0.3 is 9.84 Å². The van der Waals surface area contributed by atoms with Crippen molar-refractivity contribution in [3.8, 4) is 11.8 Å². The van der Waals surface area contributed by atoms with Crippen molar-refractivity contribution in [2.24, 2.45) is 0 Å². The van der Waals surface area contributed by atoms with Gasteiger partial charge in [0.05, 0.1) is 7.11 Å². The Morgan fingerprint density at radius 3 is 2.88 bits per heavy atom. The number of benzene rings is 1. The summed E-state index contributed by atoms with van der Waals surface area (Å²) in [7, 11) is 1.25. The smallest absolute Gasteiger partial charge is 0.305 e. The van der Waals surface area contributed by atoms with E-state index in [0.29, 0.717) is 0 Å². The van der Waals surface area contributed by atoms with E-state index in [9.17, 15) is 14.3 Å². The van der Waals surface area contributed by atoms with Crippen molar-refractivity contribution >= 4 is 5.97 Å². The highest BCUT2D eigenvalue weighted by Crippen LogP contribution is 2.23. The Balaban J connectivity index is 2.91. The number of ether oxygens (including phenoxy) is 1. The molecule has 0 bridgehead atoms. The Hall–Kier alpha value is -2.09. The van der Waals surface area contributed by atoms with Gasteiger partial charge in [-0.05, 0) is 18.1 Å². The van der Waals surface area contributed by atoms with E-state index >= 15 is 0 Å². The number of carbonyl (C=O) groups is 1. The van der Waals surface area contributed by atoms with Crippen LogP contribution in [0.3, 0.4) is 0 Å². The van der Waals surface area contributed by atoms with E-state index in [2.05, 4.69) is 4.74 Å². The molecule has 4 nitrogen and oxygen atoms in total. The molecule has 1 rings (SSSR count).